The predicted molar refractivity (Wildman–Crippen MR) is 131 cm³/mol. The first kappa shape index (κ1) is 22.6. The van der Waals surface area contributed by atoms with Crippen LogP contribution < -0.4 is 0 Å². The topological polar surface area (TPSA) is 96.0 Å². The number of aromatic hydroxyl groups is 1. The minimum absolute atomic E-state index is 0.0582. The molecular weight excluding hydrogens is 529 g/mol. The molecule has 31 heavy (non-hydrogen) atoms. The zero-order chi connectivity index (χ0) is 22.0. The molecule has 3 fully saturated rings. The van der Waals surface area contributed by atoms with E-state index in [1.165, 1.54) is 43.5 Å². The van der Waals surface area contributed by atoms with Crippen molar-refractivity contribution in [3.8, 4) is 5.75 Å². The SMILES string of the molecule is O=C1C(=Cc2cc(I)c(O)c([N+](=O)[O-])c2)SC(=NC2CCCCC2)N1C1CCCCC1. The van der Waals surface area contributed by atoms with Gasteiger partial charge in [0.05, 0.1) is 19.4 Å². The maximum Gasteiger partial charge on any atom is 0.312 e. The molecule has 1 saturated heterocycles. The molecule has 9 heteroatoms. The van der Waals surface area contributed by atoms with Crippen LogP contribution in [0.4, 0.5) is 5.69 Å². The van der Waals surface area contributed by atoms with Crippen LogP contribution in [0.2, 0.25) is 0 Å². The summed E-state index contributed by atoms with van der Waals surface area (Å²) in [6.45, 7) is 0. The Hall–Kier alpha value is -1.62. The van der Waals surface area contributed by atoms with Crippen LogP contribution in [-0.2, 0) is 4.79 Å². The maximum absolute atomic E-state index is 13.4. The highest BCUT2D eigenvalue weighted by Crippen LogP contribution is 2.40. The van der Waals surface area contributed by atoms with Crippen molar-refractivity contribution in [1.82, 2.24) is 4.90 Å². The molecule has 2 aliphatic carbocycles. The van der Waals surface area contributed by atoms with E-state index in [9.17, 15) is 20.0 Å². The molecule has 1 aromatic rings. The van der Waals surface area contributed by atoms with Crippen molar-refractivity contribution in [3.05, 3.63) is 36.3 Å². The summed E-state index contributed by atoms with van der Waals surface area (Å²) in [5, 5.41) is 22.0. The number of carbonyl (C=O) groups excluding carboxylic acids is 1. The molecule has 0 radical (unpaired) electrons. The van der Waals surface area contributed by atoms with Crippen LogP contribution in [-0.4, -0.2) is 38.1 Å². The molecule has 0 unspecified atom stereocenters. The molecule has 0 atom stereocenters. The number of nitro benzene ring substituents is 1. The molecule has 7 nitrogen and oxygen atoms in total. The molecule has 1 amide bonds. The van der Waals surface area contributed by atoms with Gasteiger partial charge >= 0.3 is 5.69 Å². The molecule has 0 spiro atoms. The van der Waals surface area contributed by atoms with Crippen molar-refractivity contribution in [2.24, 2.45) is 4.99 Å². The lowest BCUT2D eigenvalue weighted by molar-refractivity contribution is -0.386. The summed E-state index contributed by atoms with van der Waals surface area (Å²) < 4.78 is 0.384. The van der Waals surface area contributed by atoms with Gasteiger partial charge in [-0.25, -0.2) is 0 Å². The zero-order valence-corrected chi connectivity index (χ0v) is 20.2. The van der Waals surface area contributed by atoms with Crippen molar-refractivity contribution in [2.75, 3.05) is 0 Å². The summed E-state index contributed by atoms with van der Waals surface area (Å²) in [7, 11) is 0. The first-order chi connectivity index (χ1) is 14.9. The third kappa shape index (κ3) is 5.08. The Bertz CT molecular complexity index is 937. The fourth-order valence-corrected chi connectivity index (χ4v) is 6.33. The number of amidine groups is 1. The summed E-state index contributed by atoms with van der Waals surface area (Å²) in [6.07, 6.45) is 12.9. The van der Waals surface area contributed by atoms with Gasteiger partial charge in [-0.1, -0.05) is 38.5 Å². The number of nitro groups is 1. The molecule has 3 aliphatic rings. The number of hydrogen-bond acceptors (Lipinski definition) is 6. The normalized spacial score (nSPS) is 23.8. The van der Waals surface area contributed by atoms with Crippen molar-refractivity contribution in [3.63, 3.8) is 0 Å². The first-order valence-electron chi connectivity index (χ1n) is 10.9. The van der Waals surface area contributed by atoms with Gasteiger partial charge in [-0.3, -0.25) is 24.8 Å². The Balaban J connectivity index is 1.68. The minimum Gasteiger partial charge on any atom is -0.501 e. The van der Waals surface area contributed by atoms with Crippen LogP contribution in [0.15, 0.2) is 22.0 Å². The van der Waals surface area contributed by atoms with Crippen LogP contribution in [0.3, 0.4) is 0 Å². The number of phenols is 1. The van der Waals surface area contributed by atoms with Gasteiger partial charge in [0.25, 0.3) is 5.91 Å². The maximum atomic E-state index is 13.4. The number of hydrogen-bond donors (Lipinski definition) is 1. The average Bonchev–Trinajstić information content (AvgIpc) is 3.06. The quantitative estimate of drug-likeness (QED) is 0.218. The summed E-state index contributed by atoms with van der Waals surface area (Å²) in [5.74, 6) is -0.404. The number of halogens is 1. The van der Waals surface area contributed by atoms with E-state index < -0.39 is 4.92 Å². The molecule has 2 saturated carbocycles. The lowest BCUT2D eigenvalue weighted by atomic mass is 9.94. The Labute approximate surface area is 199 Å². The number of benzene rings is 1. The number of amides is 1. The molecule has 0 bridgehead atoms. The number of nitrogens with zero attached hydrogens (tertiary/aromatic N) is 3. The van der Waals surface area contributed by atoms with E-state index in [0.29, 0.717) is 14.0 Å². The molecule has 0 aromatic heterocycles. The van der Waals surface area contributed by atoms with Gasteiger partial charge in [0, 0.05) is 12.1 Å². The number of aliphatic imine (C=N–C) groups is 1. The van der Waals surface area contributed by atoms with E-state index in [-0.39, 0.29) is 29.4 Å². The number of rotatable bonds is 4. The van der Waals surface area contributed by atoms with Gasteiger partial charge in [0.15, 0.2) is 5.17 Å². The molecule has 1 aliphatic heterocycles. The van der Waals surface area contributed by atoms with E-state index >= 15 is 0 Å². The predicted octanol–water partition coefficient (Wildman–Crippen LogP) is 5.84. The second-order valence-electron chi connectivity index (χ2n) is 8.41. The second-order valence-corrected chi connectivity index (χ2v) is 10.6. The lowest BCUT2D eigenvalue weighted by Crippen LogP contribution is -2.41. The van der Waals surface area contributed by atoms with Gasteiger partial charge in [0.2, 0.25) is 5.75 Å². The third-order valence-electron chi connectivity index (χ3n) is 6.20. The Kier molecular flexibility index (Phi) is 7.20. The summed E-state index contributed by atoms with van der Waals surface area (Å²) >= 11 is 3.26. The zero-order valence-electron chi connectivity index (χ0n) is 17.3. The molecule has 166 valence electrons. The number of carbonyl (C=O) groups is 1. The Morgan fingerprint density at radius 2 is 1.77 bits per heavy atom. The Morgan fingerprint density at radius 1 is 1.13 bits per heavy atom. The van der Waals surface area contributed by atoms with E-state index in [2.05, 4.69) is 0 Å². The second kappa shape index (κ2) is 9.89. The third-order valence-corrected chi connectivity index (χ3v) is 8.02. The molecule has 4 rings (SSSR count). The molecular formula is C22H26IN3O4S. The largest absolute Gasteiger partial charge is 0.501 e. The molecule has 1 aromatic carbocycles. The standard InChI is InChI=1S/C22H26IN3O4S/c23-17-11-14(12-18(20(17)27)26(29)30)13-19-21(28)25(16-9-5-2-6-10-16)22(31-19)24-15-7-3-1-4-8-15/h11-13,15-16,27H,1-10H2. The highest BCUT2D eigenvalue weighted by atomic mass is 127. The fraction of sp³-hybridized carbons (Fsp3) is 0.545. The van der Waals surface area contributed by atoms with Crippen LogP contribution in [0, 0.1) is 13.7 Å². The molecule has 1 N–H and O–H groups in total. The van der Waals surface area contributed by atoms with E-state index in [0.717, 1.165) is 43.7 Å². The van der Waals surface area contributed by atoms with Gasteiger partial charge in [-0.2, -0.15) is 0 Å². The smallest absolute Gasteiger partial charge is 0.312 e. The van der Waals surface area contributed by atoms with Crippen molar-refractivity contribution >= 4 is 57.2 Å². The van der Waals surface area contributed by atoms with Gasteiger partial charge in [-0.05, 0) is 77.7 Å². The van der Waals surface area contributed by atoms with Crippen molar-refractivity contribution in [1.29, 1.82) is 0 Å². The lowest BCUT2D eigenvalue weighted by Gasteiger charge is -2.31. The van der Waals surface area contributed by atoms with E-state index in [1.807, 2.05) is 27.5 Å². The minimum atomic E-state index is -0.604. The van der Waals surface area contributed by atoms with Crippen LogP contribution >= 0.6 is 34.4 Å². The summed E-state index contributed by atoms with van der Waals surface area (Å²) in [5.41, 5.74) is 0.182. The Morgan fingerprint density at radius 3 is 2.42 bits per heavy atom. The summed E-state index contributed by atoms with van der Waals surface area (Å²) in [4.78, 5) is 31.5. The van der Waals surface area contributed by atoms with Crippen molar-refractivity contribution in [2.45, 2.75) is 76.3 Å². The summed E-state index contributed by atoms with van der Waals surface area (Å²) in [6, 6.07) is 3.42. The average molecular weight is 555 g/mol. The van der Waals surface area contributed by atoms with Crippen LogP contribution in [0.5, 0.6) is 5.75 Å². The van der Waals surface area contributed by atoms with Crippen LogP contribution in [0.1, 0.15) is 69.8 Å². The van der Waals surface area contributed by atoms with E-state index in [1.54, 1.807) is 12.1 Å². The number of thioether (sulfide) groups is 1. The number of phenolic OH excluding ortho intramolecular Hbond substituents is 1. The first-order valence-corrected chi connectivity index (χ1v) is 12.8. The molecule has 1 heterocycles. The highest BCUT2D eigenvalue weighted by Gasteiger charge is 2.39. The monoisotopic (exact) mass is 555 g/mol. The van der Waals surface area contributed by atoms with Gasteiger partial charge < -0.3 is 5.11 Å². The van der Waals surface area contributed by atoms with Gasteiger partial charge in [0.1, 0.15) is 0 Å². The van der Waals surface area contributed by atoms with Crippen molar-refractivity contribution < 1.29 is 14.8 Å². The van der Waals surface area contributed by atoms with Gasteiger partial charge in [-0.15, -0.1) is 0 Å². The van der Waals surface area contributed by atoms with E-state index in [4.69, 9.17) is 4.99 Å². The van der Waals surface area contributed by atoms with Crippen LogP contribution in [0.25, 0.3) is 6.08 Å². The highest BCUT2D eigenvalue weighted by molar-refractivity contribution is 14.1. The fourth-order valence-electron chi connectivity index (χ4n) is 4.58.